The van der Waals surface area contributed by atoms with Crippen LogP contribution in [0.5, 0.6) is 0 Å². The Bertz CT molecular complexity index is 760. The van der Waals surface area contributed by atoms with E-state index in [1.807, 2.05) is 0 Å². The second kappa shape index (κ2) is 11.8. The van der Waals surface area contributed by atoms with Gasteiger partial charge in [-0.25, -0.2) is 14.4 Å². The van der Waals surface area contributed by atoms with Crippen LogP contribution >= 0.6 is 0 Å². The molecular formula is C21H30N2O8. The average molecular weight is 438 g/mol. The lowest BCUT2D eigenvalue weighted by atomic mass is 9.93. The molecule has 1 unspecified atom stereocenters. The van der Waals surface area contributed by atoms with Crippen molar-refractivity contribution in [2.24, 2.45) is 5.92 Å². The molecule has 1 rings (SSSR count). The summed E-state index contributed by atoms with van der Waals surface area (Å²) >= 11 is 0. The molecule has 0 saturated carbocycles. The number of carboxylic acid groups (broad SMARTS) is 2. The van der Waals surface area contributed by atoms with E-state index in [4.69, 9.17) is 9.47 Å². The number of hydrogen-bond acceptors (Lipinski definition) is 6. The smallest absolute Gasteiger partial charge is 0.408 e. The van der Waals surface area contributed by atoms with Gasteiger partial charge in [0, 0.05) is 6.04 Å². The van der Waals surface area contributed by atoms with Crippen molar-refractivity contribution in [3.05, 3.63) is 35.9 Å². The molecule has 0 saturated heterocycles. The summed E-state index contributed by atoms with van der Waals surface area (Å²) < 4.78 is 10.1. The summed E-state index contributed by atoms with van der Waals surface area (Å²) in [6.45, 7) is 6.60. The summed E-state index contributed by atoms with van der Waals surface area (Å²) in [5.41, 5.74) is 0.00372. The van der Waals surface area contributed by atoms with Crippen LogP contribution in [0.3, 0.4) is 0 Å². The van der Waals surface area contributed by atoms with Crippen LogP contribution in [0.15, 0.2) is 30.3 Å². The molecule has 172 valence electrons. The molecule has 0 aliphatic heterocycles. The Kier molecular flexibility index (Phi) is 9.78. The number of hydrogen-bond donors (Lipinski definition) is 4. The third-order valence-electron chi connectivity index (χ3n) is 4.07. The number of carboxylic acids is 2. The highest BCUT2D eigenvalue weighted by molar-refractivity contribution is 5.81. The molecule has 0 spiro atoms. The summed E-state index contributed by atoms with van der Waals surface area (Å²) in [4.78, 5) is 47.0. The van der Waals surface area contributed by atoms with Crippen LogP contribution in [0.2, 0.25) is 0 Å². The van der Waals surface area contributed by atoms with Gasteiger partial charge in [-0.15, -0.1) is 0 Å². The molecule has 0 radical (unpaired) electrons. The normalized spacial score (nSPS) is 13.9. The molecule has 31 heavy (non-hydrogen) atoms. The molecule has 1 aromatic carbocycles. The molecular weight excluding hydrogens is 408 g/mol. The highest BCUT2D eigenvalue weighted by Gasteiger charge is 2.30. The number of ether oxygens (including phenoxy) is 2. The number of alkyl carbamates (subject to hydrolysis) is 2. The van der Waals surface area contributed by atoms with Gasteiger partial charge in [0.25, 0.3) is 0 Å². The third kappa shape index (κ3) is 10.9. The van der Waals surface area contributed by atoms with Gasteiger partial charge in [-0.2, -0.15) is 0 Å². The second-order valence-electron chi connectivity index (χ2n) is 8.15. The average Bonchev–Trinajstić information content (AvgIpc) is 2.64. The highest BCUT2D eigenvalue weighted by Crippen LogP contribution is 2.16. The minimum atomic E-state index is -1.47. The molecule has 0 fully saturated rings. The Labute approximate surface area is 180 Å². The molecule has 0 bridgehead atoms. The quantitative estimate of drug-likeness (QED) is 0.435. The van der Waals surface area contributed by atoms with Crippen molar-refractivity contribution in [3.63, 3.8) is 0 Å². The van der Waals surface area contributed by atoms with E-state index in [1.165, 1.54) is 0 Å². The van der Waals surface area contributed by atoms with Crippen molar-refractivity contribution in [2.45, 2.75) is 64.8 Å². The van der Waals surface area contributed by atoms with Crippen LogP contribution in [0.25, 0.3) is 0 Å². The summed E-state index contributed by atoms with van der Waals surface area (Å²) in [5.74, 6) is -3.78. The minimum Gasteiger partial charge on any atom is -0.481 e. The van der Waals surface area contributed by atoms with E-state index < -0.39 is 47.7 Å². The summed E-state index contributed by atoms with van der Waals surface area (Å²) in [6.07, 6.45) is -2.12. The number of benzene rings is 1. The maximum atomic E-state index is 12.0. The van der Waals surface area contributed by atoms with Gasteiger partial charge in [-0.05, 0) is 46.1 Å². The van der Waals surface area contributed by atoms with Gasteiger partial charge in [0.2, 0.25) is 0 Å². The van der Waals surface area contributed by atoms with E-state index in [-0.39, 0.29) is 19.4 Å². The monoisotopic (exact) mass is 438 g/mol. The Morgan fingerprint density at radius 1 is 0.935 bits per heavy atom. The van der Waals surface area contributed by atoms with E-state index in [9.17, 15) is 29.4 Å². The van der Waals surface area contributed by atoms with Crippen LogP contribution in [0, 0.1) is 5.92 Å². The second-order valence-corrected chi connectivity index (χ2v) is 8.15. The largest absolute Gasteiger partial charge is 0.481 e. The lowest BCUT2D eigenvalue weighted by Crippen LogP contribution is -2.44. The topological polar surface area (TPSA) is 151 Å². The van der Waals surface area contributed by atoms with Gasteiger partial charge < -0.3 is 30.3 Å². The zero-order valence-electron chi connectivity index (χ0n) is 18.1. The first-order valence-electron chi connectivity index (χ1n) is 9.79. The first-order valence-corrected chi connectivity index (χ1v) is 9.79. The number of carbonyl (C=O) groups is 4. The molecule has 10 heteroatoms. The van der Waals surface area contributed by atoms with E-state index in [1.54, 1.807) is 58.0 Å². The van der Waals surface area contributed by atoms with Gasteiger partial charge >= 0.3 is 24.1 Å². The van der Waals surface area contributed by atoms with Crippen LogP contribution in [0.1, 0.15) is 46.1 Å². The summed E-state index contributed by atoms with van der Waals surface area (Å²) in [6, 6.07) is 6.73. The maximum Gasteiger partial charge on any atom is 0.408 e. The maximum absolute atomic E-state index is 12.0. The van der Waals surface area contributed by atoms with Crippen LogP contribution in [-0.2, 0) is 25.7 Å². The molecule has 0 aliphatic carbocycles. The molecule has 1 aromatic rings. The van der Waals surface area contributed by atoms with Crippen molar-refractivity contribution < 1.29 is 38.9 Å². The number of carbonyl (C=O) groups excluding carboxylic acids is 2. The van der Waals surface area contributed by atoms with Gasteiger partial charge in [0.15, 0.2) is 0 Å². The zero-order valence-corrected chi connectivity index (χ0v) is 18.1. The summed E-state index contributed by atoms with van der Waals surface area (Å²) in [5, 5.41) is 23.6. The van der Waals surface area contributed by atoms with Crippen molar-refractivity contribution in [2.75, 3.05) is 0 Å². The van der Waals surface area contributed by atoms with Crippen molar-refractivity contribution >= 4 is 24.1 Å². The van der Waals surface area contributed by atoms with Crippen LogP contribution in [-0.4, -0.2) is 52.0 Å². The first kappa shape index (κ1) is 25.7. The van der Waals surface area contributed by atoms with Gasteiger partial charge in [0.05, 0.1) is 5.92 Å². The standard InChI is InChI=1S/C21H30N2O8/c1-13(22-20(29)31-21(2,3)4)10-15(17(24)25)11-16(18(26)27)23-19(28)30-12-14-8-6-5-7-9-14/h5-9,13,15-16H,10-12H2,1-4H3,(H,22,29)(H,23,28)(H,24,25)(H,26,27)/t13?,15-,16-/m0/s1. The molecule has 3 atom stereocenters. The SMILES string of the molecule is CC(C[C@@H](C[C@H](NC(=O)OCc1ccccc1)C(=O)O)C(=O)O)NC(=O)OC(C)(C)C. The molecule has 10 nitrogen and oxygen atoms in total. The van der Waals surface area contributed by atoms with E-state index in [0.29, 0.717) is 0 Å². The predicted octanol–water partition coefficient (Wildman–Crippen LogP) is 2.76. The summed E-state index contributed by atoms with van der Waals surface area (Å²) in [7, 11) is 0. The zero-order chi connectivity index (χ0) is 23.6. The van der Waals surface area contributed by atoms with Gasteiger partial charge in [-0.1, -0.05) is 30.3 Å². The van der Waals surface area contributed by atoms with Crippen LogP contribution < -0.4 is 10.6 Å². The van der Waals surface area contributed by atoms with Crippen molar-refractivity contribution in [1.29, 1.82) is 0 Å². The van der Waals surface area contributed by atoms with E-state index >= 15 is 0 Å². The fourth-order valence-corrected chi connectivity index (χ4v) is 2.71. The predicted molar refractivity (Wildman–Crippen MR) is 110 cm³/mol. The molecule has 0 aromatic heterocycles. The van der Waals surface area contributed by atoms with E-state index in [2.05, 4.69) is 10.6 Å². The number of amides is 2. The third-order valence-corrected chi connectivity index (χ3v) is 4.07. The number of rotatable bonds is 10. The van der Waals surface area contributed by atoms with E-state index in [0.717, 1.165) is 5.56 Å². The minimum absolute atomic E-state index is 0.0564. The molecule has 4 N–H and O–H groups in total. The Hall–Kier alpha value is -3.30. The number of nitrogens with one attached hydrogen (secondary N) is 2. The Morgan fingerprint density at radius 2 is 1.55 bits per heavy atom. The van der Waals surface area contributed by atoms with Crippen molar-refractivity contribution in [1.82, 2.24) is 10.6 Å². The Morgan fingerprint density at radius 3 is 2.06 bits per heavy atom. The lowest BCUT2D eigenvalue weighted by Gasteiger charge is -2.24. The van der Waals surface area contributed by atoms with Crippen molar-refractivity contribution in [3.8, 4) is 0 Å². The molecule has 0 heterocycles. The highest BCUT2D eigenvalue weighted by atomic mass is 16.6. The number of aliphatic carboxylic acids is 2. The fraction of sp³-hybridized carbons (Fsp3) is 0.524. The first-order chi connectivity index (χ1) is 14.4. The molecule has 0 aliphatic rings. The molecule has 2 amide bonds. The Balaban J connectivity index is 2.64. The van der Waals surface area contributed by atoms with Crippen LogP contribution in [0.4, 0.5) is 9.59 Å². The van der Waals surface area contributed by atoms with Gasteiger partial charge in [-0.3, -0.25) is 4.79 Å². The lowest BCUT2D eigenvalue weighted by molar-refractivity contribution is -0.144. The fourth-order valence-electron chi connectivity index (χ4n) is 2.71. The van der Waals surface area contributed by atoms with Gasteiger partial charge in [0.1, 0.15) is 18.2 Å².